The van der Waals surface area contributed by atoms with Crippen molar-refractivity contribution in [1.29, 1.82) is 5.26 Å². The second-order valence-corrected chi connectivity index (χ2v) is 8.16. The van der Waals surface area contributed by atoms with E-state index in [0.717, 1.165) is 84.0 Å². The van der Waals surface area contributed by atoms with Crippen molar-refractivity contribution >= 4 is 5.69 Å². The minimum Gasteiger partial charge on any atom is -0.469 e. The van der Waals surface area contributed by atoms with Crippen LogP contribution in [0.1, 0.15) is 36.1 Å². The predicted molar refractivity (Wildman–Crippen MR) is 114 cm³/mol. The summed E-state index contributed by atoms with van der Waals surface area (Å²) in [5, 5.41) is 10.2. The summed E-state index contributed by atoms with van der Waals surface area (Å²) in [6, 6.07) is 12.9. The minimum absolute atomic E-state index is 0.266. The maximum Gasteiger partial charge on any atom is 0.231 e. The van der Waals surface area contributed by atoms with E-state index < -0.39 is 0 Å². The SMILES string of the molecule is N#Cc1c(N2CCCCC2)cc(-c2ccc3c(c2)OCO3)c2c1-c1ccoc1CC2. The molecular weight excluding hydrogens is 376 g/mol. The molecule has 2 aliphatic heterocycles. The number of hydrogen-bond donors (Lipinski definition) is 0. The van der Waals surface area contributed by atoms with E-state index in [1.165, 1.54) is 17.5 Å². The van der Waals surface area contributed by atoms with Crippen molar-refractivity contribution in [3.8, 4) is 39.8 Å². The molecule has 0 N–H and O–H groups in total. The van der Waals surface area contributed by atoms with Crippen LogP contribution in [0.15, 0.2) is 41.0 Å². The molecule has 0 radical (unpaired) electrons. The lowest BCUT2D eigenvalue weighted by Crippen LogP contribution is -2.30. The van der Waals surface area contributed by atoms with Crippen molar-refractivity contribution in [2.24, 2.45) is 0 Å². The summed E-state index contributed by atoms with van der Waals surface area (Å²) in [7, 11) is 0. The van der Waals surface area contributed by atoms with E-state index in [9.17, 15) is 5.26 Å². The maximum absolute atomic E-state index is 10.2. The van der Waals surface area contributed by atoms with Crippen LogP contribution in [0, 0.1) is 11.3 Å². The standard InChI is InChI=1S/C25H22N2O3/c26-14-20-21(27-9-2-1-3-10-27)13-19(16-4-6-23-24(12-16)30-15-29-23)17-5-7-22-18(25(17)20)8-11-28-22/h4,6,8,11-13H,1-3,5,7,9-10,15H2. The monoisotopic (exact) mass is 398 g/mol. The molecule has 30 heavy (non-hydrogen) atoms. The number of nitriles is 1. The summed E-state index contributed by atoms with van der Waals surface area (Å²) in [5.74, 6) is 2.55. The summed E-state index contributed by atoms with van der Waals surface area (Å²) in [6.07, 6.45) is 7.03. The van der Waals surface area contributed by atoms with Crippen LogP contribution in [-0.2, 0) is 12.8 Å². The van der Waals surface area contributed by atoms with Gasteiger partial charge in [-0.05, 0) is 66.6 Å². The van der Waals surface area contributed by atoms with Gasteiger partial charge in [0.25, 0.3) is 0 Å². The lowest BCUT2D eigenvalue weighted by atomic mass is 9.81. The fraction of sp³-hybridized carbons (Fsp3) is 0.320. The second-order valence-electron chi connectivity index (χ2n) is 8.16. The Morgan fingerprint density at radius 2 is 1.77 bits per heavy atom. The zero-order valence-corrected chi connectivity index (χ0v) is 16.7. The first-order valence-corrected chi connectivity index (χ1v) is 10.6. The zero-order chi connectivity index (χ0) is 20.1. The van der Waals surface area contributed by atoms with Gasteiger partial charge in [0.1, 0.15) is 11.8 Å². The summed E-state index contributed by atoms with van der Waals surface area (Å²) in [4.78, 5) is 2.38. The molecule has 150 valence electrons. The number of ether oxygens (including phenoxy) is 2. The van der Waals surface area contributed by atoms with Crippen molar-refractivity contribution in [3.05, 3.63) is 53.5 Å². The summed E-state index contributed by atoms with van der Waals surface area (Å²) in [6.45, 7) is 2.25. The average Bonchev–Trinajstić information content (AvgIpc) is 3.47. The van der Waals surface area contributed by atoms with E-state index in [1.807, 2.05) is 12.1 Å². The highest BCUT2D eigenvalue weighted by atomic mass is 16.7. The highest BCUT2D eigenvalue weighted by Gasteiger charge is 2.29. The third-order valence-electron chi connectivity index (χ3n) is 6.52. The second kappa shape index (κ2) is 6.84. The van der Waals surface area contributed by atoms with E-state index in [4.69, 9.17) is 13.9 Å². The number of hydrogen-bond acceptors (Lipinski definition) is 5. The number of aryl methyl sites for hydroxylation is 1. The quantitative estimate of drug-likeness (QED) is 0.586. The lowest BCUT2D eigenvalue weighted by molar-refractivity contribution is 0.174. The van der Waals surface area contributed by atoms with Gasteiger partial charge in [-0.3, -0.25) is 0 Å². The van der Waals surface area contributed by atoms with Gasteiger partial charge >= 0.3 is 0 Å². The fourth-order valence-corrected chi connectivity index (χ4v) is 5.08. The van der Waals surface area contributed by atoms with Gasteiger partial charge in [-0.15, -0.1) is 0 Å². The lowest BCUT2D eigenvalue weighted by Gasteiger charge is -2.32. The normalized spacial score (nSPS) is 16.7. The molecule has 0 atom stereocenters. The fourth-order valence-electron chi connectivity index (χ4n) is 5.08. The maximum atomic E-state index is 10.2. The minimum atomic E-state index is 0.266. The Morgan fingerprint density at radius 1 is 0.900 bits per heavy atom. The molecule has 1 aromatic heterocycles. The van der Waals surface area contributed by atoms with Crippen LogP contribution in [0.5, 0.6) is 11.5 Å². The predicted octanol–water partition coefficient (Wildman–Crippen LogP) is 5.30. The first kappa shape index (κ1) is 17.5. The van der Waals surface area contributed by atoms with Gasteiger partial charge in [0, 0.05) is 30.6 Å². The van der Waals surface area contributed by atoms with Crippen molar-refractivity contribution in [1.82, 2.24) is 0 Å². The molecule has 1 saturated heterocycles. The number of furan rings is 1. The number of rotatable bonds is 2. The first-order chi connectivity index (χ1) is 14.8. The third kappa shape index (κ3) is 2.60. The molecule has 5 heteroatoms. The van der Waals surface area contributed by atoms with Gasteiger partial charge in [0.2, 0.25) is 6.79 Å². The topological polar surface area (TPSA) is 58.6 Å². The molecule has 0 spiro atoms. The molecule has 3 aromatic rings. The number of benzene rings is 2. The first-order valence-electron chi connectivity index (χ1n) is 10.6. The largest absolute Gasteiger partial charge is 0.469 e. The molecule has 0 bridgehead atoms. The molecule has 0 amide bonds. The van der Waals surface area contributed by atoms with Crippen LogP contribution in [0.4, 0.5) is 5.69 Å². The van der Waals surface area contributed by atoms with Crippen molar-refractivity contribution in [2.45, 2.75) is 32.1 Å². The molecule has 5 nitrogen and oxygen atoms in total. The molecule has 1 aliphatic carbocycles. The molecule has 1 fully saturated rings. The van der Waals surface area contributed by atoms with E-state index >= 15 is 0 Å². The van der Waals surface area contributed by atoms with E-state index in [-0.39, 0.29) is 6.79 Å². The Bertz CT molecular complexity index is 1180. The summed E-state index contributed by atoms with van der Waals surface area (Å²) in [5.41, 5.74) is 7.42. The van der Waals surface area contributed by atoms with Crippen LogP contribution < -0.4 is 14.4 Å². The Morgan fingerprint density at radius 3 is 2.63 bits per heavy atom. The smallest absolute Gasteiger partial charge is 0.231 e. The van der Waals surface area contributed by atoms with Crippen LogP contribution in [0.3, 0.4) is 0 Å². The molecule has 2 aromatic carbocycles. The Balaban J connectivity index is 1.62. The van der Waals surface area contributed by atoms with Crippen molar-refractivity contribution < 1.29 is 13.9 Å². The third-order valence-corrected chi connectivity index (χ3v) is 6.52. The Kier molecular flexibility index (Phi) is 3.98. The van der Waals surface area contributed by atoms with Crippen molar-refractivity contribution in [2.75, 3.05) is 24.8 Å². The summed E-state index contributed by atoms with van der Waals surface area (Å²) >= 11 is 0. The molecule has 6 rings (SSSR count). The van der Waals surface area contributed by atoms with Crippen molar-refractivity contribution in [3.63, 3.8) is 0 Å². The summed E-state index contributed by atoms with van der Waals surface area (Å²) < 4.78 is 16.9. The van der Waals surface area contributed by atoms with Crippen LogP contribution in [-0.4, -0.2) is 19.9 Å². The number of piperidine rings is 1. The van der Waals surface area contributed by atoms with E-state index in [1.54, 1.807) is 6.26 Å². The molecule has 3 heterocycles. The number of anilines is 1. The molecular formula is C25H22N2O3. The highest BCUT2D eigenvalue weighted by molar-refractivity contribution is 5.91. The van der Waals surface area contributed by atoms with Crippen LogP contribution in [0.2, 0.25) is 0 Å². The zero-order valence-electron chi connectivity index (χ0n) is 16.7. The number of fused-ring (bicyclic) bond motifs is 4. The van der Waals surface area contributed by atoms with E-state index in [2.05, 4.69) is 29.2 Å². The van der Waals surface area contributed by atoms with Gasteiger partial charge in [-0.1, -0.05) is 6.07 Å². The number of nitrogens with zero attached hydrogens (tertiary/aromatic N) is 2. The van der Waals surface area contributed by atoms with Gasteiger partial charge in [0.05, 0.1) is 17.5 Å². The average molecular weight is 398 g/mol. The molecule has 3 aliphatic rings. The van der Waals surface area contributed by atoms with E-state index in [0.29, 0.717) is 0 Å². The Hall–Kier alpha value is -3.39. The molecule has 0 unspecified atom stereocenters. The van der Waals surface area contributed by atoms with Gasteiger partial charge in [0.15, 0.2) is 11.5 Å². The van der Waals surface area contributed by atoms with Gasteiger partial charge in [-0.25, -0.2) is 0 Å². The highest BCUT2D eigenvalue weighted by Crippen LogP contribution is 2.47. The van der Waals surface area contributed by atoms with Gasteiger partial charge < -0.3 is 18.8 Å². The van der Waals surface area contributed by atoms with Crippen LogP contribution >= 0.6 is 0 Å². The Labute approximate surface area is 175 Å². The van der Waals surface area contributed by atoms with Gasteiger partial charge in [-0.2, -0.15) is 5.26 Å². The molecule has 0 saturated carbocycles. The van der Waals surface area contributed by atoms with Crippen LogP contribution in [0.25, 0.3) is 22.3 Å².